The average Bonchev–Trinajstić information content (AvgIpc) is 3.46. The van der Waals surface area contributed by atoms with Gasteiger partial charge in [0.15, 0.2) is 10.9 Å². The van der Waals surface area contributed by atoms with E-state index in [4.69, 9.17) is 9.26 Å². The van der Waals surface area contributed by atoms with Crippen molar-refractivity contribution in [2.75, 3.05) is 5.75 Å². The van der Waals surface area contributed by atoms with Crippen LogP contribution in [0.25, 0.3) is 11.3 Å². The Kier molecular flexibility index (Phi) is 5.05. The second kappa shape index (κ2) is 7.88. The summed E-state index contributed by atoms with van der Waals surface area (Å²) in [5, 5.41) is 7.61. The molecule has 2 aromatic heterocycles. The molecule has 0 saturated heterocycles. The third kappa shape index (κ3) is 3.85. The Morgan fingerprint density at radius 2 is 2.23 bits per heavy atom. The normalized spacial score (nSPS) is 19.0. The van der Waals surface area contributed by atoms with Gasteiger partial charge >= 0.3 is 0 Å². The Morgan fingerprint density at radius 1 is 1.35 bits per heavy atom. The van der Waals surface area contributed by atoms with Crippen LogP contribution in [0, 0.1) is 6.92 Å². The number of nitrogens with one attached hydrogen (secondary N) is 1. The van der Waals surface area contributed by atoms with Crippen LogP contribution in [0.15, 0.2) is 44.9 Å². The first-order valence-electron chi connectivity index (χ1n) is 10.2. The number of carbonyl (C=O) groups excluding carboxylic acids is 1. The molecule has 2 aliphatic rings. The molecule has 2 aliphatic heterocycles. The molecule has 0 aliphatic carbocycles. The minimum absolute atomic E-state index is 0.0818. The van der Waals surface area contributed by atoms with Crippen LogP contribution < -0.4 is 15.6 Å². The number of amides is 1. The Bertz CT molecular complexity index is 1220. The Morgan fingerprint density at radius 3 is 3.10 bits per heavy atom. The molecule has 0 fully saturated rings. The molecule has 2 unspecified atom stereocenters. The molecular weight excluding hydrogens is 416 g/mol. The Hall–Kier alpha value is -3.07. The molecule has 9 heteroatoms. The first-order chi connectivity index (χ1) is 15.0. The van der Waals surface area contributed by atoms with Gasteiger partial charge in [-0.3, -0.25) is 14.2 Å². The van der Waals surface area contributed by atoms with Crippen molar-refractivity contribution in [3.63, 3.8) is 0 Å². The van der Waals surface area contributed by atoms with Crippen LogP contribution in [-0.4, -0.2) is 32.5 Å². The molecule has 0 bridgehead atoms. The predicted molar refractivity (Wildman–Crippen MR) is 115 cm³/mol. The van der Waals surface area contributed by atoms with Gasteiger partial charge in [-0.25, -0.2) is 4.98 Å². The highest BCUT2D eigenvalue weighted by Crippen LogP contribution is 2.34. The standard InChI is InChI=1S/C22H22N4O4S/c1-12-9-24-22-26(21(12)28)17(11-31-22)8-20(27)23-10-16-7-19(30-25-16)15-4-3-14-5-13(2)29-18(14)6-15/h3-4,6-7,9,13,17H,5,8,10-11H2,1-2H3,(H,23,27). The van der Waals surface area contributed by atoms with E-state index in [1.165, 1.54) is 17.3 Å². The smallest absolute Gasteiger partial charge is 0.257 e. The van der Waals surface area contributed by atoms with Gasteiger partial charge in [0.25, 0.3) is 5.56 Å². The number of aromatic nitrogens is 3. The number of nitrogens with zero attached hydrogens (tertiary/aromatic N) is 3. The summed E-state index contributed by atoms with van der Waals surface area (Å²) >= 11 is 1.50. The molecule has 160 valence electrons. The van der Waals surface area contributed by atoms with Gasteiger partial charge in [0.05, 0.1) is 12.6 Å². The van der Waals surface area contributed by atoms with Gasteiger partial charge in [0.2, 0.25) is 5.91 Å². The van der Waals surface area contributed by atoms with E-state index in [0.29, 0.717) is 27.9 Å². The summed E-state index contributed by atoms with van der Waals surface area (Å²) in [5.74, 6) is 2.03. The van der Waals surface area contributed by atoms with Crippen molar-refractivity contribution in [2.24, 2.45) is 0 Å². The van der Waals surface area contributed by atoms with Gasteiger partial charge in [-0.1, -0.05) is 29.1 Å². The van der Waals surface area contributed by atoms with Crippen molar-refractivity contribution in [3.8, 4) is 17.1 Å². The third-order valence-electron chi connectivity index (χ3n) is 5.53. The second-order valence-corrected chi connectivity index (χ2v) is 8.97. The van der Waals surface area contributed by atoms with Crippen LogP contribution in [0.2, 0.25) is 0 Å². The molecule has 0 radical (unpaired) electrons. The summed E-state index contributed by atoms with van der Waals surface area (Å²) in [4.78, 5) is 29.2. The lowest BCUT2D eigenvalue weighted by Crippen LogP contribution is -2.31. The minimum atomic E-state index is -0.193. The van der Waals surface area contributed by atoms with E-state index in [1.807, 2.05) is 31.2 Å². The van der Waals surface area contributed by atoms with E-state index in [1.54, 1.807) is 17.7 Å². The zero-order valence-corrected chi connectivity index (χ0v) is 18.1. The molecule has 5 rings (SSSR count). The zero-order chi connectivity index (χ0) is 21.5. The summed E-state index contributed by atoms with van der Waals surface area (Å²) in [7, 11) is 0. The highest BCUT2D eigenvalue weighted by atomic mass is 32.2. The molecule has 2 atom stereocenters. The van der Waals surface area contributed by atoms with Crippen LogP contribution in [0.1, 0.15) is 36.2 Å². The van der Waals surface area contributed by atoms with E-state index in [2.05, 4.69) is 15.5 Å². The van der Waals surface area contributed by atoms with Crippen LogP contribution in [0.5, 0.6) is 5.75 Å². The maximum Gasteiger partial charge on any atom is 0.257 e. The molecule has 0 spiro atoms. The number of aryl methyl sites for hydroxylation is 1. The Balaban J connectivity index is 1.21. The Labute approximate surface area is 183 Å². The van der Waals surface area contributed by atoms with Crippen molar-refractivity contribution in [1.29, 1.82) is 0 Å². The lowest BCUT2D eigenvalue weighted by molar-refractivity contribution is -0.121. The van der Waals surface area contributed by atoms with Crippen molar-refractivity contribution in [2.45, 2.75) is 50.5 Å². The van der Waals surface area contributed by atoms with E-state index in [-0.39, 0.29) is 36.6 Å². The van der Waals surface area contributed by atoms with Gasteiger partial charge in [-0.2, -0.15) is 0 Å². The van der Waals surface area contributed by atoms with Crippen LogP contribution in [0.3, 0.4) is 0 Å². The molecule has 31 heavy (non-hydrogen) atoms. The number of fused-ring (bicyclic) bond motifs is 2. The number of benzene rings is 1. The van der Waals surface area contributed by atoms with Gasteiger partial charge in [0, 0.05) is 42.0 Å². The monoisotopic (exact) mass is 438 g/mol. The molecule has 1 amide bonds. The largest absolute Gasteiger partial charge is 0.490 e. The number of ether oxygens (including phenoxy) is 1. The number of rotatable bonds is 5. The van der Waals surface area contributed by atoms with Gasteiger partial charge in [0.1, 0.15) is 17.5 Å². The maximum absolute atomic E-state index is 12.5. The quantitative estimate of drug-likeness (QED) is 0.612. The topological polar surface area (TPSA) is 99.2 Å². The van der Waals surface area contributed by atoms with Gasteiger partial charge < -0.3 is 14.6 Å². The molecule has 1 aromatic carbocycles. The number of hydrogen-bond acceptors (Lipinski definition) is 7. The molecule has 4 heterocycles. The molecule has 3 aromatic rings. The van der Waals surface area contributed by atoms with Gasteiger partial charge in [-0.05, 0) is 25.5 Å². The molecular formula is C22H22N4O4S. The number of thioether (sulfide) groups is 1. The van der Waals surface area contributed by atoms with E-state index < -0.39 is 0 Å². The lowest BCUT2D eigenvalue weighted by Gasteiger charge is -2.13. The van der Waals surface area contributed by atoms with Crippen LogP contribution >= 0.6 is 11.8 Å². The summed E-state index contributed by atoms with van der Waals surface area (Å²) < 4.78 is 12.9. The van der Waals surface area contributed by atoms with E-state index in [9.17, 15) is 9.59 Å². The lowest BCUT2D eigenvalue weighted by atomic mass is 10.1. The molecule has 8 nitrogen and oxygen atoms in total. The molecule has 0 saturated carbocycles. The number of hydrogen-bond donors (Lipinski definition) is 1. The fourth-order valence-corrected chi connectivity index (χ4v) is 5.04. The summed E-state index contributed by atoms with van der Waals surface area (Å²) in [6.07, 6.45) is 2.90. The van der Waals surface area contributed by atoms with Crippen LogP contribution in [0.4, 0.5) is 0 Å². The second-order valence-electron chi connectivity index (χ2n) is 7.98. The highest BCUT2D eigenvalue weighted by Gasteiger charge is 2.27. The molecule has 1 N–H and O–H groups in total. The first-order valence-corrected chi connectivity index (χ1v) is 11.2. The van der Waals surface area contributed by atoms with E-state index in [0.717, 1.165) is 17.7 Å². The van der Waals surface area contributed by atoms with Crippen molar-refractivity contribution in [3.05, 3.63) is 57.6 Å². The van der Waals surface area contributed by atoms with Crippen molar-refractivity contribution < 1.29 is 14.1 Å². The summed E-state index contributed by atoms with van der Waals surface area (Å²) in [5.41, 5.74) is 3.22. The van der Waals surface area contributed by atoms with Crippen molar-refractivity contribution in [1.82, 2.24) is 20.0 Å². The minimum Gasteiger partial charge on any atom is -0.490 e. The van der Waals surface area contributed by atoms with Gasteiger partial charge in [-0.15, -0.1) is 0 Å². The average molecular weight is 439 g/mol. The SMILES string of the molecule is Cc1cnc2n(c1=O)C(CC(=O)NCc1cc(-c3ccc4c(c3)OC(C)C4)on1)CS2. The number of carbonyl (C=O) groups is 1. The first kappa shape index (κ1) is 19.9. The van der Waals surface area contributed by atoms with E-state index >= 15 is 0 Å². The predicted octanol–water partition coefficient (Wildman–Crippen LogP) is 2.88. The zero-order valence-electron chi connectivity index (χ0n) is 17.3. The fourth-order valence-electron chi connectivity index (χ4n) is 3.93. The van der Waals surface area contributed by atoms with Crippen molar-refractivity contribution >= 4 is 17.7 Å². The maximum atomic E-state index is 12.5. The highest BCUT2D eigenvalue weighted by molar-refractivity contribution is 7.99. The third-order valence-corrected chi connectivity index (χ3v) is 6.65. The summed E-state index contributed by atoms with van der Waals surface area (Å²) in [6.45, 7) is 4.04. The fraction of sp³-hybridized carbons (Fsp3) is 0.364. The summed E-state index contributed by atoms with van der Waals surface area (Å²) in [6, 6.07) is 7.63. The van der Waals surface area contributed by atoms with Crippen LogP contribution in [-0.2, 0) is 17.8 Å².